The summed E-state index contributed by atoms with van der Waals surface area (Å²) in [6, 6.07) is 0. The Morgan fingerprint density at radius 3 is 1.83 bits per heavy atom. The van der Waals surface area contributed by atoms with Gasteiger partial charge in [0, 0.05) is 12.8 Å². The first-order chi connectivity index (χ1) is 22.8. The third-order valence-electron chi connectivity index (χ3n) is 7.67. The predicted molar refractivity (Wildman–Crippen MR) is 194 cm³/mol. The summed E-state index contributed by atoms with van der Waals surface area (Å²) in [4.78, 5) is 23.8. The molecule has 0 aromatic rings. The summed E-state index contributed by atoms with van der Waals surface area (Å²) in [6.45, 7) is 6.25. The van der Waals surface area contributed by atoms with Gasteiger partial charge in [0.05, 0.1) is 12.2 Å². The van der Waals surface area contributed by atoms with Crippen molar-refractivity contribution in [3.05, 3.63) is 72.9 Å². The number of aliphatic hydroxyl groups is 3. The molecule has 0 amide bonds. The Labute approximate surface area is 286 Å². The van der Waals surface area contributed by atoms with Crippen LogP contribution in [-0.2, 0) is 19.1 Å². The van der Waals surface area contributed by atoms with Crippen LogP contribution in [0.1, 0.15) is 130 Å². The number of hydrogen-bond donors (Lipinski definition) is 3. The molecule has 0 aliphatic rings. The summed E-state index contributed by atoms with van der Waals surface area (Å²) >= 11 is 0. The van der Waals surface area contributed by atoms with E-state index in [1.165, 1.54) is 44.9 Å². The van der Waals surface area contributed by atoms with E-state index in [0.717, 1.165) is 38.0 Å². The molecule has 0 aromatic heterocycles. The van der Waals surface area contributed by atoms with Crippen LogP contribution in [0.4, 0.5) is 0 Å². The number of aliphatic hydroxyl groups excluding tert-OH is 3. The van der Waals surface area contributed by atoms with Gasteiger partial charge in [-0.2, -0.15) is 0 Å². The predicted octanol–water partition coefficient (Wildman–Crippen LogP) is 8.80. The summed E-state index contributed by atoms with van der Waals surface area (Å²) in [6.07, 6.45) is 36.0. The van der Waals surface area contributed by atoms with Gasteiger partial charge in [0.25, 0.3) is 0 Å². The van der Waals surface area contributed by atoms with Crippen molar-refractivity contribution in [2.24, 2.45) is 5.92 Å². The normalized spacial score (nSPS) is 15.1. The lowest BCUT2D eigenvalue weighted by Crippen LogP contribution is -2.25. The summed E-state index contributed by atoms with van der Waals surface area (Å²) in [5.41, 5.74) is 0. The molecule has 0 spiro atoms. The Bertz CT molecular complexity index is 931. The maximum Gasteiger partial charge on any atom is 0.305 e. The van der Waals surface area contributed by atoms with Crippen LogP contribution in [0.15, 0.2) is 72.9 Å². The molecule has 0 aliphatic carbocycles. The molecule has 3 N–H and O–H groups in total. The molecule has 0 saturated heterocycles. The fraction of sp³-hybridized carbons (Fsp3) is 0.650. The Balaban J connectivity index is 3.79. The van der Waals surface area contributed by atoms with Crippen molar-refractivity contribution in [1.29, 1.82) is 0 Å². The summed E-state index contributed by atoms with van der Waals surface area (Å²) in [5.74, 6) is 0.0912. The molecular formula is C40H66O7. The number of hydrogen-bond acceptors (Lipinski definition) is 7. The van der Waals surface area contributed by atoms with Gasteiger partial charge >= 0.3 is 11.9 Å². The van der Waals surface area contributed by atoms with Crippen molar-refractivity contribution >= 4 is 11.9 Å². The molecular weight excluding hydrogens is 592 g/mol. The van der Waals surface area contributed by atoms with Crippen LogP contribution in [0.2, 0.25) is 0 Å². The van der Waals surface area contributed by atoms with Crippen LogP contribution in [-0.4, -0.2) is 58.8 Å². The van der Waals surface area contributed by atoms with E-state index in [1.54, 1.807) is 24.3 Å². The van der Waals surface area contributed by atoms with Gasteiger partial charge in [0.1, 0.15) is 19.3 Å². The third kappa shape index (κ3) is 33.0. The topological polar surface area (TPSA) is 113 Å². The first kappa shape index (κ1) is 44.3. The lowest BCUT2D eigenvalue weighted by molar-refractivity contribution is -0.152. The van der Waals surface area contributed by atoms with Crippen LogP contribution in [0.3, 0.4) is 0 Å². The third-order valence-corrected chi connectivity index (χ3v) is 7.67. The van der Waals surface area contributed by atoms with E-state index in [1.807, 2.05) is 48.6 Å². The molecule has 0 fully saturated rings. The molecule has 0 heterocycles. The maximum atomic E-state index is 11.9. The van der Waals surface area contributed by atoms with Crippen LogP contribution >= 0.6 is 0 Å². The minimum absolute atomic E-state index is 0.178. The number of esters is 2. The van der Waals surface area contributed by atoms with Gasteiger partial charge in [0.2, 0.25) is 0 Å². The Hall–Kier alpha value is -2.74. The van der Waals surface area contributed by atoms with E-state index in [0.29, 0.717) is 25.7 Å². The fourth-order valence-electron chi connectivity index (χ4n) is 4.51. The van der Waals surface area contributed by atoms with Gasteiger partial charge < -0.3 is 24.8 Å². The monoisotopic (exact) mass is 658 g/mol. The lowest BCUT2D eigenvalue weighted by atomic mass is 9.99. The standard InChI is InChI=1S/C40H66O7/c1-4-6-19-27-36(41)28-21-15-11-9-12-16-22-29-37(42)30-23-18-25-32-40(45)47-34-38(43)33-46-39(44)31-24-17-13-8-7-10-14-20-26-35(3)5-2/h6,11-12,15-16,19,21-23,28-30,35-38,41-43H,4-5,7-10,13-14,17-18,20,24-27,31-34H2,1-3H3/b15-11-,16-12-,19-6-,28-21+,29-22+,30-23-/t35?,36-,37-,38-/m1/s1. The molecule has 0 aromatic carbocycles. The van der Waals surface area contributed by atoms with E-state index in [4.69, 9.17) is 9.47 Å². The molecule has 4 atom stereocenters. The molecule has 0 aliphatic heterocycles. The zero-order valence-electron chi connectivity index (χ0n) is 29.6. The number of allylic oxidation sites excluding steroid dienone is 8. The van der Waals surface area contributed by atoms with Crippen LogP contribution in [0.5, 0.6) is 0 Å². The van der Waals surface area contributed by atoms with Crippen molar-refractivity contribution in [2.75, 3.05) is 13.2 Å². The SMILES string of the molecule is CC/C=C\C[C@@H](O)/C=C/C=C\C/C=C\C=C\[C@@H](O)/C=C\CCCC(=O)OC[C@H](O)COC(=O)CCCCCCCCCCC(C)CC. The smallest absolute Gasteiger partial charge is 0.305 e. The van der Waals surface area contributed by atoms with E-state index < -0.39 is 24.3 Å². The molecule has 268 valence electrons. The van der Waals surface area contributed by atoms with Crippen molar-refractivity contribution in [3.63, 3.8) is 0 Å². The summed E-state index contributed by atoms with van der Waals surface area (Å²) in [7, 11) is 0. The highest BCUT2D eigenvalue weighted by Gasteiger charge is 2.12. The maximum absolute atomic E-state index is 11.9. The number of carbonyl (C=O) groups excluding carboxylic acids is 2. The minimum Gasteiger partial charge on any atom is -0.463 e. The summed E-state index contributed by atoms with van der Waals surface area (Å²) < 4.78 is 10.2. The number of carbonyl (C=O) groups is 2. The molecule has 7 heteroatoms. The largest absolute Gasteiger partial charge is 0.463 e. The first-order valence-electron chi connectivity index (χ1n) is 18.1. The van der Waals surface area contributed by atoms with Crippen molar-refractivity contribution in [3.8, 4) is 0 Å². The fourth-order valence-corrected chi connectivity index (χ4v) is 4.51. The average Bonchev–Trinajstić information content (AvgIpc) is 3.06. The van der Waals surface area contributed by atoms with E-state index in [2.05, 4.69) is 20.8 Å². The van der Waals surface area contributed by atoms with Gasteiger partial charge in [-0.05, 0) is 44.4 Å². The Morgan fingerprint density at radius 1 is 0.638 bits per heavy atom. The van der Waals surface area contributed by atoms with E-state index >= 15 is 0 Å². The highest BCUT2D eigenvalue weighted by atomic mass is 16.6. The molecule has 0 rings (SSSR count). The average molecular weight is 659 g/mol. The second kappa shape index (κ2) is 33.2. The van der Waals surface area contributed by atoms with Crippen LogP contribution < -0.4 is 0 Å². The van der Waals surface area contributed by atoms with Crippen molar-refractivity contribution < 1.29 is 34.4 Å². The van der Waals surface area contributed by atoms with Crippen LogP contribution in [0.25, 0.3) is 0 Å². The first-order valence-corrected chi connectivity index (χ1v) is 18.1. The minimum atomic E-state index is -1.04. The molecule has 0 bridgehead atoms. The zero-order valence-corrected chi connectivity index (χ0v) is 29.6. The highest BCUT2D eigenvalue weighted by Crippen LogP contribution is 2.15. The van der Waals surface area contributed by atoms with Gasteiger partial charge in [-0.3, -0.25) is 9.59 Å². The highest BCUT2D eigenvalue weighted by molar-refractivity contribution is 5.69. The Morgan fingerprint density at radius 2 is 1.21 bits per heavy atom. The molecule has 1 unspecified atom stereocenters. The Kier molecular flexibility index (Phi) is 31.2. The van der Waals surface area contributed by atoms with Gasteiger partial charge in [-0.25, -0.2) is 0 Å². The van der Waals surface area contributed by atoms with E-state index in [-0.39, 0.29) is 25.6 Å². The van der Waals surface area contributed by atoms with Gasteiger partial charge in [-0.15, -0.1) is 0 Å². The van der Waals surface area contributed by atoms with Crippen molar-refractivity contribution in [2.45, 2.75) is 148 Å². The van der Waals surface area contributed by atoms with Gasteiger partial charge in [0.15, 0.2) is 0 Å². The van der Waals surface area contributed by atoms with Crippen LogP contribution in [0, 0.1) is 5.92 Å². The second-order valence-corrected chi connectivity index (χ2v) is 12.3. The van der Waals surface area contributed by atoms with E-state index in [9.17, 15) is 24.9 Å². The molecule has 7 nitrogen and oxygen atoms in total. The summed E-state index contributed by atoms with van der Waals surface area (Å²) in [5, 5.41) is 29.8. The quantitative estimate of drug-likeness (QED) is 0.0306. The zero-order chi connectivity index (χ0) is 34.8. The molecule has 0 radical (unpaired) electrons. The van der Waals surface area contributed by atoms with Crippen molar-refractivity contribution in [1.82, 2.24) is 0 Å². The van der Waals surface area contributed by atoms with Gasteiger partial charge in [-0.1, -0.05) is 151 Å². The second-order valence-electron chi connectivity index (χ2n) is 12.3. The number of ether oxygens (including phenoxy) is 2. The molecule has 47 heavy (non-hydrogen) atoms. The number of rotatable bonds is 30. The molecule has 0 saturated carbocycles. The lowest BCUT2D eigenvalue weighted by Gasteiger charge is -2.12. The number of unbranched alkanes of at least 4 members (excludes halogenated alkanes) is 8.